The van der Waals surface area contributed by atoms with Crippen molar-refractivity contribution in [3.8, 4) is 0 Å². The second kappa shape index (κ2) is 10.6. The van der Waals surface area contributed by atoms with Gasteiger partial charge in [-0.15, -0.1) is 11.3 Å². The number of thiazole rings is 1. The fourth-order valence-corrected chi connectivity index (χ4v) is 5.64. The first-order valence-corrected chi connectivity index (χ1v) is 12.6. The third-order valence-corrected chi connectivity index (χ3v) is 7.52. The zero-order valence-electron chi connectivity index (χ0n) is 17.7. The number of anilines is 1. The molecule has 0 spiro atoms. The van der Waals surface area contributed by atoms with Gasteiger partial charge >= 0.3 is 0 Å². The van der Waals surface area contributed by atoms with Gasteiger partial charge in [-0.05, 0) is 30.2 Å². The smallest absolute Gasteiger partial charge is 0.266 e. The molecule has 5 nitrogen and oxygen atoms in total. The topological polar surface area (TPSA) is 62.3 Å². The van der Waals surface area contributed by atoms with E-state index in [1.54, 1.807) is 18.3 Å². The van der Waals surface area contributed by atoms with Gasteiger partial charge < -0.3 is 5.32 Å². The molecule has 3 aromatic rings. The molecule has 1 saturated heterocycles. The molecule has 0 radical (unpaired) electrons. The monoisotopic (exact) mass is 513 g/mol. The summed E-state index contributed by atoms with van der Waals surface area (Å²) in [5, 5.41) is 3.93. The maximum atomic E-state index is 12.8. The van der Waals surface area contributed by atoms with E-state index in [4.69, 9.17) is 23.8 Å². The van der Waals surface area contributed by atoms with Crippen LogP contribution in [0.4, 0.5) is 5.13 Å². The lowest BCUT2D eigenvalue weighted by atomic mass is 10.1. The predicted molar refractivity (Wildman–Crippen MR) is 141 cm³/mol. The molecule has 1 aliphatic rings. The molecule has 0 atom stereocenters. The van der Waals surface area contributed by atoms with Crippen LogP contribution < -0.4 is 5.32 Å². The highest BCUT2D eigenvalue weighted by molar-refractivity contribution is 8.26. The average molecular weight is 514 g/mol. The first kappa shape index (κ1) is 23.6. The van der Waals surface area contributed by atoms with Crippen LogP contribution in [0, 0.1) is 6.92 Å². The molecule has 1 N–H and O–H groups in total. The van der Waals surface area contributed by atoms with Crippen LogP contribution in [-0.2, 0) is 16.0 Å². The zero-order chi connectivity index (χ0) is 23.4. The molecule has 9 heteroatoms. The van der Waals surface area contributed by atoms with Gasteiger partial charge in [0.15, 0.2) is 5.13 Å². The largest absolute Gasteiger partial charge is 0.302 e. The summed E-state index contributed by atoms with van der Waals surface area (Å²) in [6.45, 7) is 2.27. The number of aromatic nitrogens is 1. The third kappa shape index (κ3) is 6.09. The van der Waals surface area contributed by atoms with Crippen LogP contribution in [0.1, 0.15) is 28.0 Å². The summed E-state index contributed by atoms with van der Waals surface area (Å²) in [5.41, 5.74) is 3.17. The molecule has 2 aromatic carbocycles. The lowest BCUT2D eigenvalue weighted by molar-refractivity contribution is -0.122. The first-order chi connectivity index (χ1) is 15.9. The highest BCUT2D eigenvalue weighted by Gasteiger charge is 2.32. The number of thioether (sulfide) groups is 1. The number of thiocarbonyl (C=S) groups is 1. The molecule has 1 fully saturated rings. The molecule has 1 aliphatic heterocycles. The van der Waals surface area contributed by atoms with Crippen molar-refractivity contribution in [2.75, 3.05) is 11.9 Å². The van der Waals surface area contributed by atoms with Crippen molar-refractivity contribution >= 4 is 74.3 Å². The van der Waals surface area contributed by atoms with E-state index in [9.17, 15) is 9.59 Å². The van der Waals surface area contributed by atoms with Crippen LogP contribution in [0.5, 0.6) is 0 Å². The Morgan fingerprint density at radius 1 is 1.24 bits per heavy atom. The standard InChI is InChI=1S/C24H20ClN3O2S3/c1-15-5-4-6-16(11-15)12-18-14-26-23(32-18)27-21(29)9-10-28-22(30)20(33-24(28)31)13-17-7-2-3-8-19(17)25/h2-8,11,13-14H,9-10,12H2,1H3,(H,26,27,29). The summed E-state index contributed by atoms with van der Waals surface area (Å²) >= 11 is 14.2. The number of hydrogen-bond donors (Lipinski definition) is 1. The number of halogens is 1. The molecule has 0 saturated carbocycles. The van der Waals surface area contributed by atoms with Gasteiger partial charge in [0.2, 0.25) is 5.91 Å². The predicted octanol–water partition coefficient (Wildman–Crippen LogP) is 5.93. The van der Waals surface area contributed by atoms with Gasteiger partial charge in [-0.25, -0.2) is 4.98 Å². The number of carbonyl (C=O) groups excluding carboxylic acids is 2. The average Bonchev–Trinajstić information content (AvgIpc) is 3.31. The summed E-state index contributed by atoms with van der Waals surface area (Å²) in [5.74, 6) is -0.428. The van der Waals surface area contributed by atoms with Crippen LogP contribution in [0.2, 0.25) is 5.02 Å². The van der Waals surface area contributed by atoms with E-state index in [1.807, 2.05) is 24.3 Å². The minimum atomic E-state index is -0.215. The number of nitrogens with one attached hydrogen (secondary N) is 1. The molecular weight excluding hydrogens is 494 g/mol. The highest BCUT2D eigenvalue weighted by atomic mass is 35.5. The van der Waals surface area contributed by atoms with E-state index < -0.39 is 0 Å². The van der Waals surface area contributed by atoms with Crippen molar-refractivity contribution in [3.63, 3.8) is 0 Å². The Kier molecular flexibility index (Phi) is 7.60. The van der Waals surface area contributed by atoms with E-state index in [0.717, 1.165) is 16.9 Å². The summed E-state index contributed by atoms with van der Waals surface area (Å²) in [6, 6.07) is 15.6. The van der Waals surface area contributed by atoms with Gasteiger partial charge in [0.1, 0.15) is 4.32 Å². The van der Waals surface area contributed by atoms with E-state index in [0.29, 0.717) is 19.4 Å². The molecule has 4 rings (SSSR count). The molecule has 33 heavy (non-hydrogen) atoms. The Morgan fingerprint density at radius 2 is 2.06 bits per heavy atom. The fourth-order valence-electron chi connectivity index (χ4n) is 3.29. The second-order valence-electron chi connectivity index (χ2n) is 7.45. The molecule has 2 amide bonds. The van der Waals surface area contributed by atoms with Gasteiger partial charge in [-0.1, -0.05) is 83.6 Å². The zero-order valence-corrected chi connectivity index (χ0v) is 20.9. The minimum absolute atomic E-state index is 0.124. The molecule has 168 valence electrons. The minimum Gasteiger partial charge on any atom is -0.302 e. The Labute approximate surface area is 210 Å². The van der Waals surface area contributed by atoms with Crippen molar-refractivity contribution in [3.05, 3.63) is 86.2 Å². The lowest BCUT2D eigenvalue weighted by Crippen LogP contribution is -2.31. The number of amides is 2. The molecule has 1 aromatic heterocycles. The number of rotatable bonds is 7. The van der Waals surface area contributed by atoms with Crippen LogP contribution >= 0.6 is 46.9 Å². The molecular formula is C24H20ClN3O2S3. The van der Waals surface area contributed by atoms with Crippen LogP contribution in [-0.4, -0.2) is 32.6 Å². The molecule has 0 aliphatic carbocycles. The Hall–Kier alpha value is -2.52. The van der Waals surface area contributed by atoms with E-state index in [-0.39, 0.29) is 24.8 Å². The SMILES string of the molecule is Cc1cccc(Cc2cnc(NC(=O)CCN3C(=O)C(=Cc4ccccc4Cl)SC3=S)s2)c1. The first-order valence-electron chi connectivity index (χ1n) is 10.2. The highest BCUT2D eigenvalue weighted by Crippen LogP contribution is 2.33. The van der Waals surface area contributed by atoms with Gasteiger partial charge in [-0.3, -0.25) is 14.5 Å². The fraction of sp³-hybridized carbons (Fsp3) is 0.167. The molecule has 0 bridgehead atoms. The van der Waals surface area contributed by atoms with E-state index in [2.05, 4.69) is 35.4 Å². The van der Waals surface area contributed by atoms with Crippen LogP contribution in [0.25, 0.3) is 6.08 Å². The van der Waals surface area contributed by atoms with Crippen LogP contribution in [0.15, 0.2) is 59.6 Å². The number of nitrogens with zero attached hydrogens (tertiary/aromatic N) is 2. The van der Waals surface area contributed by atoms with Crippen molar-refractivity contribution in [2.24, 2.45) is 0 Å². The van der Waals surface area contributed by atoms with Gasteiger partial charge in [0, 0.05) is 35.5 Å². The second-order valence-corrected chi connectivity index (χ2v) is 10.6. The number of aryl methyl sites for hydroxylation is 1. The lowest BCUT2D eigenvalue weighted by Gasteiger charge is -2.13. The quantitative estimate of drug-likeness (QED) is 0.313. The van der Waals surface area contributed by atoms with Crippen molar-refractivity contribution < 1.29 is 9.59 Å². The summed E-state index contributed by atoms with van der Waals surface area (Å²) in [4.78, 5) is 32.5. The molecule has 2 heterocycles. The maximum absolute atomic E-state index is 12.8. The number of benzene rings is 2. The van der Waals surface area contributed by atoms with E-state index >= 15 is 0 Å². The summed E-state index contributed by atoms with van der Waals surface area (Å²) in [6.07, 6.45) is 4.40. The van der Waals surface area contributed by atoms with Gasteiger partial charge in [-0.2, -0.15) is 0 Å². The Balaban J connectivity index is 1.32. The number of hydrogen-bond acceptors (Lipinski definition) is 6. The summed E-state index contributed by atoms with van der Waals surface area (Å²) in [7, 11) is 0. The van der Waals surface area contributed by atoms with Crippen molar-refractivity contribution in [1.82, 2.24) is 9.88 Å². The third-order valence-electron chi connectivity index (χ3n) is 4.89. The van der Waals surface area contributed by atoms with Crippen molar-refractivity contribution in [2.45, 2.75) is 19.8 Å². The number of carbonyl (C=O) groups is 2. The normalized spacial score (nSPS) is 14.8. The Morgan fingerprint density at radius 3 is 2.85 bits per heavy atom. The van der Waals surface area contributed by atoms with E-state index in [1.165, 1.54) is 39.1 Å². The molecule has 0 unspecified atom stereocenters. The van der Waals surface area contributed by atoms with Crippen molar-refractivity contribution in [1.29, 1.82) is 0 Å². The Bertz CT molecular complexity index is 1260. The van der Waals surface area contributed by atoms with Crippen LogP contribution in [0.3, 0.4) is 0 Å². The maximum Gasteiger partial charge on any atom is 0.266 e. The van der Waals surface area contributed by atoms with Gasteiger partial charge in [0.25, 0.3) is 5.91 Å². The summed E-state index contributed by atoms with van der Waals surface area (Å²) < 4.78 is 0.431. The van der Waals surface area contributed by atoms with Gasteiger partial charge in [0.05, 0.1) is 4.91 Å².